The first-order valence-corrected chi connectivity index (χ1v) is 24.6. The van der Waals surface area contributed by atoms with Crippen LogP contribution in [-0.4, -0.2) is 15.0 Å². The third-order valence-corrected chi connectivity index (χ3v) is 14.0. The van der Waals surface area contributed by atoms with E-state index in [-0.39, 0.29) is 0 Å². The molecule has 0 fully saturated rings. The monoisotopic (exact) mass is 916 g/mol. The highest BCUT2D eigenvalue weighted by atomic mass is 14.7. The van der Waals surface area contributed by atoms with E-state index >= 15 is 0 Å². The van der Waals surface area contributed by atoms with Crippen LogP contribution in [0.4, 0.5) is 0 Å². The number of aryl methyl sites for hydroxylation is 9. The van der Waals surface area contributed by atoms with Crippen molar-refractivity contribution in [1.82, 2.24) is 15.0 Å². The SMILES string of the molecule is Cc1ccc(-c2ccc(-c3ccccc3-c3cc(CCc4ccc(-c5cc(C)c(C)cn5)cc4)cc(CCc4ccc(-c5cc(C)c(C)cn5)cc4)c3)c(-c3ccc(-c4ccc(C#N)cc4)cc3)c2)nc1. The van der Waals surface area contributed by atoms with Crippen molar-refractivity contribution < 1.29 is 0 Å². The van der Waals surface area contributed by atoms with Crippen LogP contribution < -0.4 is 0 Å². The lowest BCUT2D eigenvalue weighted by Crippen LogP contribution is -1.98. The lowest BCUT2D eigenvalue weighted by Gasteiger charge is -2.18. The zero-order valence-electron chi connectivity index (χ0n) is 41.2. The Hall–Kier alpha value is -8.52. The molecule has 0 N–H and O–H groups in total. The molecule has 0 aliphatic heterocycles. The summed E-state index contributed by atoms with van der Waals surface area (Å²) in [5.74, 6) is 0. The van der Waals surface area contributed by atoms with Gasteiger partial charge in [-0.3, -0.25) is 15.0 Å². The van der Waals surface area contributed by atoms with Crippen molar-refractivity contribution in [2.45, 2.75) is 60.3 Å². The Morgan fingerprint density at radius 3 is 1.31 bits per heavy atom. The number of pyridine rings is 3. The Kier molecular flexibility index (Phi) is 13.4. The van der Waals surface area contributed by atoms with Gasteiger partial charge in [-0.25, -0.2) is 0 Å². The molecule has 10 rings (SSSR count). The van der Waals surface area contributed by atoms with Gasteiger partial charge in [-0.15, -0.1) is 0 Å². The molecule has 0 spiro atoms. The van der Waals surface area contributed by atoms with Gasteiger partial charge < -0.3 is 0 Å². The summed E-state index contributed by atoms with van der Waals surface area (Å²) in [7, 11) is 0. The number of aromatic nitrogens is 3. The lowest BCUT2D eigenvalue weighted by molar-refractivity contribution is 0.931. The molecule has 0 bridgehead atoms. The van der Waals surface area contributed by atoms with E-state index in [1.54, 1.807) is 0 Å². The molecule has 0 radical (unpaired) electrons. The van der Waals surface area contributed by atoms with E-state index < -0.39 is 0 Å². The predicted molar refractivity (Wildman–Crippen MR) is 294 cm³/mol. The van der Waals surface area contributed by atoms with Crippen LogP contribution in [0.25, 0.3) is 78.3 Å². The molecule has 4 heteroatoms. The highest BCUT2D eigenvalue weighted by Crippen LogP contribution is 2.41. The zero-order chi connectivity index (χ0) is 48.8. The average molecular weight is 917 g/mol. The summed E-state index contributed by atoms with van der Waals surface area (Å²) in [5, 5.41) is 9.40. The van der Waals surface area contributed by atoms with Crippen LogP contribution in [0.15, 0.2) is 201 Å². The van der Waals surface area contributed by atoms with E-state index in [1.165, 1.54) is 61.2 Å². The summed E-state index contributed by atoms with van der Waals surface area (Å²) >= 11 is 0. The van der Waals surface area contributed by atoms with Crippen molar-refractivity contribution in [3.8, 4) is 84.3 Å². The van der Waals surface area contributed by atoms with Gasteiger partial charge in [0.1, 0.15) is 0 Å². The quantitative estimate of drug-likeness (QED) is 0.116. The van der Waals surface area contributed by atoms with Gasteiger partial charge >= 0.3 is 0 Å². The van der Waals surface area contributed by atoms with E-state index in [0.717, 1.165) is 92.8 Å². The molecule has 0 saturated heterocycles. The van der Waals surface area contributed by atoms with Crippen LogP contribution in [0.1, 0.15) is 55.6 Å². The molecular weight excluding hydrogens is 861 g/mol. The number of benzene rings is 7. The fraction of sp³-hybridized carbons (Fsp3) is 0.134. The van der Waals surface area contributed by atoms with Gasteiger partial charge in [-0.1, -0.05) is 146 Å². The molecule has 71 heavy (non-hydrogen) atoms. The molecule has 344 valence electrons. The van der Waals surface area contributed by atoms with Crippen molar-refractivity contribution >= 4 is 0 Å². The van der Waals surface area contributed by atoms with Crippen LogP contribution in [0.3, 0.4) is 0 Å². The largest absolute Gasteiger partial charge is 0.256 e. The molecule has 3 heterocycles. The third-order valence-electron chi connectivity index (χ3n) is 14.0. The highest BCUT2D eigenvalue weighted by Gasteiger charge is 2.17. The van der Waals surface area contributed by atoms with E-state index in [4.69, 9.17) is 15.0 Å². The topological polar surface area (TPSA) is 62.5 Å². The molecule has 0 aliphatic rings. The van der Waals surface area contributed by atoms with Crippen molar-refractivity contribution in [2.24, 2.45) is 0 Å². The van der Waals surface area contributed by atoms with Crippen LogP contribution in [-0.2, 0) is 25.7 Å². The first kappa shape index (κ1) is 46.2. The fourth-order valence-corrected chi connectivity index (χ4v) is 9.40. The minimum Gasteiger partial charge on any atom is -0.256 e. The molecule has 10 aromatic rings. The Morgan fingerprint density at radius 1 is 0.324 bits per heavy atom. The predicted octanol–water partition coefficient (Wildman–Crippen LogP) is 16.5. The van der Waals surface area contributed by atoms with Gasteiger partial charge in [0.2, 0.25) is 0 Å². The molecule has 4 nitrogen and oxygen atoms in total. The minimum absolute atomic E-state index is 0.654. The molecular formula is C67H56N4. The first-order valence-electron chi connectivity index (χ1n) is 24.6. The summed E-state index contributed by atoms with van der Waals surface area (Å²) in [4.78, 5) is 14.3. The molecule has 0 unspecified atom stereocenters. The van der Waals surface area contributed by atoms with Crippen molar-refractivity contribution in [3.05, 3.63) is 256 Å². The lowest BCUT2D eigenvalue weighted by atomic mass is 9.86. The Labute approximate surface area is 419 Å². The van der Waals surface area contributed by atoms with Crippen LogP contribution in [0, 0.1) is 45.9 Å². The molecule has 0 atom stereocenters. The molecule has 7 aromatic carbocycles. The second-order valence-electron chi connectivity index (χ2n) is 19.0. The third kappa shape index (κ3) is 10.6. The number of hydrogen-bond acceptors (Lipinski definition) is 4. The first-order chi connectivity index (χ1) is 34.6. The maximum atomic E-state index is 9.40. The number of nitrogens with zero attached hydrogens (tertiary/aromatic N) is 4. The Balaban J connectivity index is 1.01. The van der Waals surface area contributed by atoms with Crippen LogP contribution >= 0.6 is 0 Å². The van der Waals surface area contributed by atoms with Gasteiger partial charge in [0, 0.05) is 35.3 Å². The standard InChI is InChI=1S/C67H56N4/c1-44-10-33-65(69-41-44)59-31-32-63(64(39-59)56-29-27-55(28-30-56)54-21-19-51(40-68)20-22-54)62-9-7-6-8-61(62)60-37-52(13-11-49-15-23-57(24-16-49)66-34-45(2)47(4)42-70-66)36-53(38-60)14-12-50-17-25-58(26-18-50)67-35-46(3)48(5)43-71-67/h6-10,15-39,41-43H,11-14H2,1-5H3. The Bertz CT molecular complexity index is 3430. The van der Waals surface area contributed by atoms with Crippen molar-refractivity contribution in [1.29, 1.82) is 5.26 Å². The number of hydrogen-bond donors (Lipinski definition) is 0. The summed E-state index contributed by atoms with van der Waals surface area (Å²) < 4.78 is 0. The van der Waals surface area contributed by atoms with E-state index in [0.29, 0.717) is 5.56 Å². The molecule has 0 amide bonds. The smallest absolute Gasteiger partial charge is 0.0991 e. The number of nitriles is 1. The van der Waals surface area contributed by atoms with Crippen LogP contribution in [0.2, 0.25) is 0 Å². The average Bonchev–Trinajstić information content (AvgIpc) is 3.41. The van der Waals surface area contributed by atoms with Crippen LogP contribution in [0.5, 0.6) is 0 Å². The molecule has 3 aromatic heterocycles. The normalized spacial score (nSPS) is 11.1. The summed E-state index contributed by atoms with van der Waals surface area (Å²) in [6, 6.07) is 68.2. The van der Waals surface area contributed by atoms with Gasteiger partial charge in [-0.05, 0) is 191 Å². The highest BCUT2D eigenvalue weighted by molar-refractivity contribution is 5.94. The second-order valence-corrected chi connectivity index (χ2v) is 19.0. The maximum Gasteiger partial charge on any atom is 0.0991 e. The van der Waals surface area contributed by atoms with E-state index in [2.05, 4.69) is 198 Å². The number of rotatable bonds is 13. The fourth-order valence-electron chi connectivity index (χ4n) is 9.40. The minimum atomic E-state index is 0.654. The maximum absolute atomic E-state index is 9.40. The van der Waals surface area contributed by atoms with Gasteiger partial charge in [-0.2, -0.15) is 5.26 Å². The van der Waals surface area contributed by atoms with Gasteiger partial charge in [0.05, 0.1) is 28.7 Å². The molecule has 0 saturated carbocycles. The van der Waals surface area contributed by atoms with Crippen molar-refractivity contribution in [2.75, 3.05) is 0 Å². The zero-order valence-corrected chi connectivity index (χ0v) is 41.2. The van der Waals surface area contributed by atoms with Gasteiger partial charge in [0.15, 0.2) is 0 Å². The molecule has 0 aliphatic carbocycles. The van der Waals surface area contributed by atoms with E-state index in [9.17, 15) is 5.26 Å². The second kappa shape index (κ2) is 20.6. The van der Waals surface area contributed by atoms with Gasteiger partial charge in [0.25, 0.3) is 0 Å². The summed E-state index contributed by atoms with van der Waals surface area (Å²) in [5.41, 5.74) is 27.5. The Morgan fingerprint density at radius 2 is 0.789 bits per heavy atom. The summed E-state index contributed by atoms with van der Waals surface area (Å²) in [6.07, 6.45) is 9.55. The van der Waals surface area contributed by atoms with Crippen molar-refractivity contribution in [3.63, 3.8) is 0 Å². The van der Waals surface area contributed by atoms with E-state index in [1.807, 2.05) is 42.9 Å². The summed E-state index contributed by atoms with van der Waals surface area (Å²) in [6.45, 7) is 10.6.